The third-order valence-corrected chi connectivity index (χ3v) is 4.73. The van der Waals surface area contributed by atoms with Gasteiger partial charge in [0.15, 0.2) is 0 Å². The molecule has 0 spiro atoms. The van der Waals surface area contributed by atoms with Gasteiger partial charge in [0.05, 0.1) is 13.6 Å². The molecule has 0 saturated heterocycles. The average molecular weight is 251 g/mol. The Kier molecular flexibility index (Phi) is 2.17. The molecule has 0 saturated carbocycles. The highest BCUT2D eigenvalue weighted by atomic mass is 16.5. The summed E-state index contributed by atoms with van der Waals surface area (Å²) in [7, 11) is 1.83. The molecule has 2 aromatic carbocycles. The first-order valence-corrected chi connectivity index (χ1v) is 6.93. The van der Waals surface area contributed by atoms with Crippen LogP contribution in [0.25, 0.3) is 11.1 Å². The highest BCUT2D eigenvalue weighted by molar-refractivity contribution is 5.75. The molecule has 0 amide bonds. The van der Waals surface area contributed by atoms with E-state index in [-0.39, 0.29) is 10.7 Å². The summed E-state index contributed by atoms with van der Waals surface area (Å²) < 4.78 is -0.127. The summed E-state index contributed by atoms with van der Waals surface area (Å²) in [6.07, 6.45) is 1.78. The van der Waals surface area contributed by atoms with Gasteiger partial charge in [0.25, 0.3) is 0 Å². The van der Waals surface area contributed by atoms with Crippen molar-refractivity contribution in [1.29, 1.82) is 0 Å². The molecule has 0 fully saturated rings. The zero-order valence-corrected chi connectivity index (χ0v) is 11.1. The summed E-state index contributed by atoms with van der Waals surface area (Å²) in [5, 5.41) is 12.8. The Balaban J connectivity index is 2.03. The molecule has 2 aromatic rings. The van der Waals surface area contributed by atoms with Crippen LogP contribution in [0, 0.1) is 5.21 Å². The maximum atomic E-state index is 12.8. The van der Waals surface area contributed by atoms with Gasteiger partial charge in [-0.25, -0.2) is 0 Å². The molecular weight excluding hydrogens is 234 g/mol. The van der Waals surface area contributed by atoms with Gasteiger partial charge >= 0.3 is 0 Å². The Hall–Kier alpha value is -1.64. The maximum absolute atomic E-state index is 12.8. The van der Waals surface area contributed by atoms with Crippen LogP contribution in [-0.2, 0) is 12.8 Å². The normalized spacial score (nSPS) is 27.6. The molecule has 1 aliphatic carbocycles. The molecule has 2 nitrogen and oxygen atoms in total. The van der Waals surface area contributed by atoms with Gasteiger partial charge in [-0.1, -0.05) is 42.5 Å². The predicted octanol–water partition coefficient (Wildman–Crippen LogP) is 3.45. The molecule has 19 heavy (non-hydrogen) atoms. The van der Waals surface area contributed by atoms with Crippen LogP contribution in [0.3, 0.4) is 0 Å². The molecule has 2 unspecified atom stereocenters. The number of nitrogens with zero attached hydrogens (tertiary/aromatic N) is 1. The van der Waals surface area contributed by atoms with E-state index in [1.54, 1.807) is 0 Å². The van der Waals surface area contributed by atoms with Crippen molar-refractivity contribution in [3.05, 3.63) is 64.4 Å². The van der Waals surface area contributed by atoms with Crippen molar-refractivity contribution < 1.29 is 4.65 Å². The number of rotatable bonds is 0. The maximum Gasteiger partial charge on any atom is 0.119 e. The molecule has 0 N–H and O–H groups in total. The Morgan fingerprint density at radius 2 is 1.74 bits per heavy atom. The van der Waals surface area contributed by atoms with Crippen molar-refractivity contribution in [1.82, 2.24) is 0 Å². The fourth-order valence-corrected chi connectivity index (χ4v) is 3.70. The lowest BCUT2D eigenvalue weighted by Gasteiger charge is -2.51. The predicted molar refractivity (Wildman–Crippen MR) is 76.4 cm³/mol. The number of fused-ring (bicyclic) bond motifs is 2. The van der Waals surface area contributed by atoms with Crippen molar-refractivity contribution in [2.24, 2.45) is 0 Å². The zero-order chi connectivity index (χ0) is 13.0. The lowest BCUT2D eigenvalue weighted by molar-refractivity contribution is -0.894. The van der Waals surface area contributed by atoms with Crippen LogP contribution in [0.4, 0.5) is 0 Å². The van der Waals surface area contributed by atoms with E-state index in [1.807, 2.05) is 7.05 Å². The van der Waals surface area contributed by atoms with E-state index in [0.717, 1.165) is 12.8 Å². The minimum Gasteiger partial charge on any atom is -0.633 e. The fraction of sp³-hybridized carbons (Fsp3) is 0.294. The standard InChI is InChI=1S/C17H17NO/c1-18(19)10-9-12-6-4-8-15-14-7-3-2-5-13(14)11-16(18)17(12)15/h2-8,16H,9-11H2,1H3. The van der Waals surface area contributed by atoms with Gasteiger partial charge in [-0.2, -0.15) is 0 Å². The monoisotopic (exact) mass is 251 g/mol. The quantitative estimate of drug-likeness (QED) is 0.519. The number of hydrogen-bond donors (Lipinski definition) is 0. The third kappa shape index (κ3) is 1.50. The van der Waals surface area contributed by atoms with Crippen LogP contribution >= 0.6 is 0 Å². The molecule has 2 aliphatic rings. The van der Waals surface area contributed by atoms with E-state index in [0.29, 0.717) is 6.54 Å². The Morgan fingerprint density at radius 1 is 1.00 bits per heavy atom. The number of hydroxylamine groups is 3. The largest absolute Gasteiger partial charge is 0.633 e. The first-order chi connectivity index (χ1) is 9.17. The lowest BCUT2D eigenvalue weighted by Crippen LogP contribution is -2.48. The van der Waals surface area contributed by atoms with Crippen molar-refractivity contribution in [3.63, 3.8) is 0 Å². The number of benzene rings is 2. The molecule has 0 aromatic heterocycles. The van der Waals surface area contributed by atoms with Gasteiger partial charge in [0.1, 0.15) is 6.04 Å². The highest BCUT2D eigenvalue weighted by Crippen LogP contribution is 2.46. The van der Waals surface area contributed by atoms with Crippen LogP contribution in [0.15, 0.2) is 42.5 Å². The van der Waals surface area contributed by atoms with Crippen LogP contribution < -0.4 is 0 Å². The fourth-order valence-electron chi connectivity index (χ4n) is 3.70. The van der Waals surface area contributed by atoms with Crippen molar-refractivity contribution in [2.45, 2.75) is 18.9 Å². The van der Waals surface area contributed by atoms with E-state index in [9.17, 15) is 5.21 Å². The summed E-state index contributed by atoms with van der Waals surface area (Å²) in [4.78, 5) is 0. The van der Waals surface area contributed by atoms with Crippen molar-refractivity contribution in [2.75, 3.05) is 13.6 Å². The molecule has 1 aliphatic heterocycles. The SMILES string of the molecule is C[N+]1([O-])CCc2cccc3c2C1Cc1ccccc1-3. The molecular formula is C17H17NO. The summed E-state index contributed by atoms with van der Waals surface area (Å²) in [6.45, 7) is 0.698. The highest BCUT2D eigenvalue weighted by Gasteiger charge is 2.38. The first kappa shape index (κ1) is 11.2. The van der Waals surface area contributed by atoms with Gasteiger partial charge in [-0.3, -0.25) is 0 Å². The minimum atomic E-state index is -0.127. The second kappa shape index (κ2) is 3.69. The number of hydrogen-bond acceptors (Lipinski definition) is 1. The molecule has 0 radical (unpaired) electrons. The van der Waals surface area contributed by atoms with E-state index in [1.165, 1.54) is 27.8 Å². The van der Waals surface area contributed by atoms with E-state index in [2.05, 4.69) is 42.5 Å². The summed E-state index contributed by atoms with van der Waals surface area (Å²) >= 11 is 0. The smallest absolute Gasteiger partial charge is 0.119 e. The summed E-state index contributed by atoms with van der Waals surface area (Å²) in [5.74, 6) is 0. The topological polar surface area (TPSA) is 23.1 Å². The van der Waals surface area contributed by atoms with Gasteiger partial charge in [0.2, 0.25) is 0 Å². The van der Waals surface area contributed by atoms with Crippen LogP contribution in [0.1, 0.15) is 22.7 Å². The van der Waals surface area contributed by atoms with Crippen LogP contribution in [0.5, 0.6) is 0 Å². The first-order valence-electron chi connectivity index (χ1n) is 6.93. The van der Waals surface area contributed by atoms with E-state index in [4.69, 9.17) is 0 Å². The lowest BCUT2D eigenvalue weighted by atomic mass is 9.77. The molecule has 0 bridgehead atoms. The molecule has 96 valence electrons. The second-order valence-corrected chi connectivity index (χ2v) is 5.90. The Bertz CT molecular complexity index is 660. The molecule has 2 atom stereocenters. The van der Waals surface area contributed by atoms with Crippen molar-refractivity contribution >= 4 is 0 Å². The van der Waals surface area contributed by atoms with Gasteiger partial charge in [-0.15, -0.1) is 0 Å². The Morgan fingerprint density at radius 3 is 2.63 bits per heavy atom. The van der Waals surface area contributed by atoms with Crippen LogP contribution in [-0.4, -0.2) is 18.2 Å². The van der Waals surface area contributed by atoms with Crippen LogP contribution in [0.2, 0.25) is 0 Å². The molecule has 2 heteroatoms. The summed E-state index contributed by atoms with van der Waals surface area (Å²) in [5.41, 5.74) is 6.61. The second-order valence-electron chi connectivity index (χ2n) is 5.90. The average Bonchev–Trinajstić information content (AvgIpc) is 2.43. The number of likely N-dealkylation sites (N-methyl/N-ethyl adjacent to an activating group) is 1. The van der Waals surface area contributed by atoms with E-state index >= 15 is 0 Å². The van der Waals surface area contributed by atoms with Gasteiger partial charge in [-0.05, 0) is 22.3 Å². The summed E-state index contributed by atoms with van der Waals surface area (Å²) in [6, 6.07) is 15.1. The zero-order valence-electron chi connectivity index (χ0n) is 11.1. The molecule has 4 rings (SSSR count). The van der Waals surface area contributed by atoms with Gasteiger partial charge < -0.3 is 9.85 Å². The number of quaternary nitrogens is 1. The van der Waals surface area contributed by atoms with Gasteiger partial charge in [0, 0.05) is 18.4 Å². The molecule has 1 heterocycles. The third-order valence-electron chi connectivity index (χ3n) is 4.73. The minimum absolute atomic E-state index is 0.0786. The van der Waals surface area contributed by atoms with Crippen molar-refractivity contribution in [3.8, 4) is 11.1 Å². The Labute approximate surface area is 113 Å². The van der Waals surface area contributed by atoms with E-state index < -0.39 is 0 Å².